The van der Waals surface area contributed by atoms with Gasteiger partial charge in [0.2, 0.25) is 11.5 Å². The van der Waals surface area contributed by atoms with Crippen molar-refractivity contribution in [1.29, 1.82) is 0 Å². The number of hydrogen-bond donors (Lipinski definition) is 0. The first-order chi connectivity index (χ1) is 10.6. The summed E-state index contributed by atoms with van der Waals surface area (Å²) in [6, 6.07) is 5.34. The molecule has 0 atom stereocenters. The molecule has 0 saturated heterocycles. The Hall–Kier alpha value is -1.96. The van der Waals surface area contributed by atoms with E-state index in [4.69, 9.17) is 16.3 Å². The number of pyridine rings is 1. The standard InChI is InChI=1S/C14H12ClN3O3S/c1-21-8-10(19)12-13(20)17-5-3-2-4-11(17)18(12)7-9-6-16-14(15)22-9/h2-6H,7-8H2,1H3. The van der Waals surface area contributed by atoms with Crippen LogP contribution >= 0.6 is 22.9 Å². The lowest BCUT2D eigenvalue weighted by Gasteiger charge is -2.03. The van der Waals surface area contributed by atoms with E-state index in [9.17, 15) is 9.90 Å². The van der Waals surface area contributed by atoms with Crippen LogP contribution in [0.2, 0.25) is 4.47 Å². The van der Waals surface area contributed by atoms with Gasteiger partial charge in [0.05, 0.1) is 11.1 Å². The molecule has 0 fully saturated rings. The highest BCUT2D eigenvalue weighted by Crippen LogP contribution is 2.22. The topological polar surface area (TPSA) is 71.3 Å². The molecular weight excluding hydrogens is 326 g/mol. The molecule has 0 aliphatic heterocycles. The van der Waals surface area contributed by atoms with Crippen molar-refractivity contribution in [2.75, 3.05) is 13.7 Å². The fourth-order valence-electron chi connectivity index (χ4n) is 2.31. The number of aromatic nitrogens is 3. The van der Waals surface area contributed by atoms with Crippen molar-refractivity contribution in [2.24, 2.45) is 0 Å². The fraction of sp³-hybridized carbons (Fsp3) is 0.214. The summed E-state index contributed by atoms with van der Waals surface area (Å²) in [5, 5.41) is 12.5. The van der Waals surface area contributed by atoms with Gasteiger partial charge in [0.15, 0.2) is 4.47 Å². The Morgan fingerprint density at radius 3 is 3.05 bits per heavy atom. The molecule has 3 rings (SSSR count). The van der Waals surface area contributed by atoms with Gasteiger partial charge in [0, 0.05) is 19.4 Å². The highest BCUT2D eigenvalue weighted by molar-refractivity contribution is 7.15. The molecule has 0 spiro atoms. The van der Waals surface area contributed by atoms with Crippen LogP contribution in [0.15, 0.2) is 30.6 Å². The number of rotatable bonds is 5. The molecule has 0 aliphatic rings. The fourth-order valence-corrected chi connectivity index (χ4v) is 3.28. The predicted octanol–water partition coefficient (Wildman–Crippen LogP) is 1.29. The minimum atomic E-state index is -0.355. The third kappa shape index (κ3) is 2.58. The van der Waals surface area contributed by atoms with E-state index in [0.717, 1.165) is 4.88 Å². The Morgan fingerprint density at radius 2 is 2.36 bits per heavy atom. The molecule has 114 valence electrons. The molecule has 22 heavy (non-hydrogen) atoms. The first kappa shape index (κ1) is 15.0. The summed E-state index contributed by atoms with van der Waals surface area (Å²) < 4.78 is 8.42. The van der Waals surface area contributed by atoms with Gasteiger partial charge >= 0.3 is 0 Å². The molecule has 0 unspecified atom stereocenters. The average Bonchev–Trinajstić information content (AvgIpc) is 3.03. The molecular formula is C14H12ClN3O3S. The van der Waals surface area contributed by atoms with Gasteiger partial charge in [-0.3, -0.25) is 4.79 Å². The van der Waals surface area contributed by atoms with E-state index >= 15 is 0 Å². The van der Waals surface area contributed by atoms with E-state index in [-0.39, 0.29) is 24.0 Å². The molecule has 0 aliphatic carbocycles. The molecule has 8 heteroatoms. The number of carbonyl (C=O) groups excluding carboxylic acids is 1. The lowest BCUT2D eigenvalue weighted by Crippen LogP contribution is -2.24. The van der Waals surface area contributed by atoms with Crippen molar-refractivity contribution in [1.82, 2.24) is 9.55 Å². The second-order valence-corrected chi connectivity index (χ2v) is 6.30. The van der Waals surface area contributed by atoms with E-state index in [1.807, 2.05) is 6.07 Å². The van der Waals surface area contributed by atoms with Crippen LogP contribution in [-0.4, -0.2) is 29.1 Å². The summed E-state index contributed by atoms with van der Waals surface area (Å²) >= 11 is 7.16. The number of methoxy groups -OCH3 is 1. The summed E-state index contributed by atoms with van der Waals surface area (Å²) in [4.78, 5) is 17.1. The lowest BCUT2D eigenvalue weighted by atomic mass is 10.3. The summed E-state index contributed by atoms with van der Waals surface area (Å²) in [5.74, 6) is -0.708. The van der Waals surface area contributed by atoms with Crippen LogP contribution < -0.4 is 9.51 Å². The van der Waals surface area contributed by atoms with E-state index in [1.54, 1.807) is 29.1 Å². The Balaban J connectivity index is 2.16. The molecule has 0 N–H and O–H groups in total. The van der Waals surface area contributed by atoms with Gasteiger partial charge in [0.25, 0.3) is 5.65 Å². The van der Waals surface area contributed by atoms with Gasteiger partial charge in [-0.15, -0.1) is 11.3 Å². The zero-order chi connectivity index (χ0) is 15.7. The van der Waals surface area contributed by atoms with Gasteiger partial charge in [-0.25, -0.2) is 14.0 Å². The van der Waals surface area contributed by atoms with Crippen molar-refractivity contribution in [3.63, 3.8) is 0 Å². The third-order valence-corrected chi connectivity index (χ3v) is 4.28. The van der Waals surface area contributed by atoms with Crippen LogP contribution in [0.1, 0.15) is 15.4 Å². The largest absolute Gasteiger partial charge is 0.839 e. The maximum Gasteiger partial charge on any atom is 0.286 e. The second-order valence-electron chi connectivity index (χ2n) is 4.60. The van der Waals surface area contributed by atoms with Crippen molar-refractivity contribution in [3.8, 4) is 5.88 Å². The van der Waals surface area contributed by atoms with Crippen molar-refractivity contribution in [3.05, 3.63) is 45.6 Å². The second kappa shape index (κ2) is 6.04. The quantitative estimate of drug-likeness (QED) is 0.519. The van der Waals surface area contributed by atoms with Crippen LogP contribution in [0, 0.1) is 0 Å². The zero-order valence-corrected chi connectivity index (χ0v) is 13.2. The van der Waals surface area contributed by atoms with Crippen LogP contribution in [0.5, 0.6) is 5.88 Å². The lowest BCUT2D eigenvalue weighted by molar-refractivity contribution is -0.582. The SMILES string of the molecule is COCC(=O)c1c([O-])[n+]2ccccc2n1Cc1cnc(Cl)s1. The summed E-state index contributed by atoms with van der Waals surface area (Å²) in [6.45, 7) is 0.209. The Morgan fingerprint density at radius 1 is 1.55 bits per heavy atom. The summed E-state index contributed by atoms with van der Waals surface area (Å²) in [7, 11) is 1.42. The monoisotopic (exact) mass is 337 g/mol. The van der Waals surface area contributed by atoms with Crippen molar-refractivity contribution >= 4 is 34.4 Å². The molecule has 0 saturated carbocycles. The summed E-state index contributed by atoms with van der Waals surface area (Å²) in [6.07, 6.45) is 3.28. The molecule has 3 aromatic rings. The number of halogens is 1. The number of ketones is 1. The average molecular weight is 338 g/mol. The van der Waals surface area contributed by atoms with Crippen LogP contribution in [0.3, 0.4) is 0 Å². The minimum absolute atomic E-state index is 0.0950. The number of imidazole rings is 1. The Kier molecular flexibility index (Phi) is 4.10. The van der Waals surface area contributed by atoms with Gasteiger partial charge in [-0.1, -0.05) is 17.7 Å². The zero-order valence-electron chi connectivity index (χ0n) is 11.7. The van der Waals surface area contributed by atoms with Crippen molar-refractivity contribution < 1.29 is 19.0 Å². The highest BCUT2D eigenvalue weighted by Gasteiger charge is 2.26. The van der Waals surface area contributed by atoms with E-state index in [0.29, 0.717) is 16.7 Å². The number of ether oxygens (including phenoxy) is 1. The Labute approximate surface area is 135 Å². The minimum Gasteiger partial charge on any atom is -0.839 e. The number of fused-ring (bicyclic) bond motifs is 1. The Bertz CT molecular complexity index is 843. The van der Waals surface area contributed by atoms with Gasteiger partial charge < -0.3 is 9.84 Å². The van der Waals surface area contributed by atoms with Gasteiger partial charge in [-0.2, -0.15) is 0 Å². The number of Topliss-reactive ketones (excluding diaryl/α,β-unsaturated/α-hetero) is 1. The highest BCUT2D eigenvalue weighted by atomic mass is 35.5. The molecule has 3 heterocycles. The van der Waals surface area contributed by atoms with Crippen LogP contribution in [0.25, 0.3) is 5.65 Å². The smallest absolute Gasteiger partial charge is 0.286 e. The molecule has 3 aromatic heterocycles. The summed E-state index contributed by atoms with van der Waals surface area (Å²) in [5.41, 5.74) is 0.731. The van der Waals surface area contributed by atoms with Gasteiger partial charge in [0.1, 0.15) is 19.0 Å². The van der Waals surface area contributed by atoms with Crippen LogP contribution in [0.4, 0.5) is 0 Å². The maximum atomic E-state index is 12.5. The normalized spacial score (nSPS) is 11.2. The van der Waals surface area contributed by atoms with E-state index < -0.39 is 0 Å². The first-order valence-corrected chi connectivity index (χ1v) is 7.63. The molecule has 0 bridgehead atoms. The number of hydrogen-bond acceptors (Lipinski definition) is 5. The van der Waals surface area contributed by atoms with E-state index in [1.165, 1.54) is 22.8 Å². The van der Waals surface area contributed by atoms with Crippen molar-refractivity contribution in [2.45, 2.75) is 6.54 Å². The predicted molar refractivity (Wildman–Crippen MR) is 79.5 cm³/mol. The molecule has 6 nitrogen and oxygen atoms in total. The third-order valence-electron chi connectivity index (χ3n) is 3.19. The maximum absolute atomic E-state index is 12.5. The number of thiazole rings is 1. The first-order valence-electron chi connectivity index (χ1n) is 6.44. The number of carbonyl (C=O) groups is 1. The van der Waals surface area contributed by atoms with E-state index in [2.05, 4.69) is 4.98 Å². The molecule has 0 radical (unpaired) electrons. The molecule has 0 aromatic carbocycles. The number of nitrogens with zero attached hydrogens (tertiary/aromatic N) is 3. The van der Waals surface area contributed by atoms with Crippen LogP contribution in [-0.2, 0) is 11.3 Å². The molecule has 0 amide bonds. The van der Waals surface area contributed by atoms with Gasteiger partial charge in [-0.05, 0) is 6.07 Å².